The van der Waals surface area contributed by atoms with Crippen LogP contribution in [0.15, 0.2) is 36.0 Å². The molecule has 0 aromatic heterocycles. The number of hydrogen-bond acceptors (Lipinski definition) is 12. The molecule has 57 heavy (non-hydrogen) atoms. The summed E-state index contributed by atoms with van der Waals surface area (Å²) in [5.41, 5.74) is 1.61. The maximum Gasteiger partial charge on any atom is 0.329 e. The average molecular weight is 804 g/mol. The smallest absolute Gasteiger partial charge is 0.329 e. The third kappa shape index (κ3) is 11.3. The van der Waals surface area contributed by atoms with Crippen molar-refractivity contribution < 1.29 is 58.2 Å². The zero-order valence-corrected chi connectivity index (χ0v) is 35.4. The lowest BCUT2D eigenvalue weighted by Crippen LogP contribution is -2.64. The lowest BCUT2D eigenvalue weighted by molar-refractivity contribution is -0.302. The monoisotopic (exact) mass is 803 g/mol. The minimum absolute atomic E-state index is 0.00988. The lowest BCUT2D eigenvalue weighted by Gasteiger charge is -2.47. The highest BCUT2D eigenvalue weighted by atomic mass is 16.7. The molecule has 3 N–H and O–H groups in total. The van der Waals surface area contributed by atoms with Crippen molar-refractivity contribution in [3.8, 4) is 0 Å². The second-order valence-electron chi connectivity index (χ2n) is 17.3. The van der Waals surface area contributed by atoms with E-state index in [0.717, 1.165) is 5.57 Å². The van der Waals surface area contributed by atoms with E-state index in [9.17, 15) is 34.5 Å². The summed E-state index contributed by atoms with van der Waals surface area (Å²) >= 11 is 0. The summed E-state index contributed by atoms with van der Waals surface area (Å²) in [4.78, 5) is 57.8. The van der Waals surface area contributed by atoms with Crippen molar-refractivity contribution in [2.24, 2.45) is 29.6 Å². The Hall–Kier alpha value is -2.78. The summed E-state index contributed by atoms with van der Waals surface area (Å²) in [5.74, 6) is -7.76. The second-order valence-corrected chi connectivity index (χ2v) is 17.3. The van der Waals surface area contributed by atoms with Crippen LogP contribution in [0.2, 0.25) is 0 Å². The van der Waals surface area contributed by atoms with Crippen LogP contribution < -0.4 is 0 Å². The highest BCUT2D eigenvalue weighted by Gasteiger charge is 2.56. The van der Waals surface area contributed by atoms with Crippen molar-refractivity contribution in [2.75, 3.05) is 27.9 Å². The van der Waals surface area contributed by atoms with Gasteiger partial charge < -0.3 is 43.9 Å². The van der Waals surface area contributed by atoms with Gasteiger partial charge in [-0.25, -0.2) is 4.79 Å². The third-order valence-electron chi connectivity index (χ3n) is 12.9. The average Bonchev–Trinajstić information content (AvgIpc) is 3.18. The number of allylic oxidation sites excluding steroid dienone is 4. The number of carbonyl (C=O) groups is 4. The van der Waals surface area contributed by atoms with Gasteiger partial charge >= 0.3 is 5.97 Å². The fraction of sp³-hybridized carbons (Fsp3) is 0.773. The molecule has 2 bridgehead atoms. The summed E-state index contributed by atoms with van der Waals surface area (Å²) in [5, 5.41) is 34.1. The van der Waals surface area contributed by atoms with Crippen LogP contribution in [0.3, 0.4) is 0 Å². The Labute approximate surface area is 339 Å². The van der Waals surface area contributed by atoms with Crippen LogP contribution in [0.5, 0.6) is 0 Å². The van der Waals surface area contributed by atoms with E-state index in [0.29, 0.717) is 56.9 Å². The first-order chi connectivity index (χ1) is 27.0. The predicted octanol–water partition coefficient (Wildman–Crippen LogP) is 4.64. The molecule has 0 spiro atoms. The number of nitrogens with zero attached hydrogens (tertiary/aromatic N) is 1. The van der Waals surface area contributed by atoms with E-state index in [4.69, 9.17) is 23.7 Å². The van der Waals surface area contributed by atoms with Gasteiger partial charge in [-0.2, -0.15) is 0 Å². The molecular formula is C44H69NO12. The van der Waals surface area contributed by atoms with Gasteiger partial charge in [-0.3, -0.25) is 14.4 Å². The number of ketones is 2. The van der Waals surface area contributed by atoms with E-state index in [1.807, 2.05) is 32.9 Å². The first-order valence-corrected chi connectivity index (χ1v) is 20.9. The molecule has 3 fully saturated rings. The van der Waals surface area contributed by atoms with Crippen LogP contribution in [0.4, 0.5) is 0 Å². The normalized spacial score (nSPS) is 40.1. The number of Topliss-reactive ketones (excluding diaryl/α,β-unsaturated/α-hetero) is 2. The van der Waals surface area contributed by atoms with Crippen molar-refractivity contribution in [3.63, 3.8) is 0 Å². The number of rotatable bonds is 7. The lowest BCUT2D eigenvalue weighted by atomic mass is 9.81. The quantitative estimate of drug-likeness (QED) is 0.185. The summed E-state index contributed by atoms with van der Waals surface area (Å²) in [7, 11) is 4.61. The zero-order valence-electron chi connectivity index (χ0n) is 35.4. The number of methoxy groups -OCH3 is 3. The van der Waals surface area contributed by atoms with Crippen LogP contribution in [-0.2, 0) is 42.9 Å². The number of esters is 1. The van der Waals surface area contributed by atoms with E-state index in [1.54, 1.807) is 27.0 Å². The number of carbonyl (C=O) groups excluding carboxylic acids is 4. The highest BCUT2D eigenvalue weighted by molar-refractivity contribution is 6.39. The molecule has 3 aliphatic heterocycles. The molecule has 0 radical (unpaired) electrons. The van der Waals surface area contributed by atoms with E-state index in [2.05, 4.69) is 6.58 Å². The van der Waals surface area contributed by atoms with Gasteiger partial charge in [0.15, 0.2) is 0 Å². The van der Waals surface area contributed by atoms with Crippen LogP contribution in [0.25, 0.3) is 0 Å². The van der Waals surface area contributed by atoms with Gasteiger partial charge in [0.2, 0.25) is 5.79 Å². The van der Waals surface area contributed by atoms with Crippen molar-refractivity contribution in [3.05, 3.63) is 36.0 Å². The summed E-state index contributed by atoms with van der Waals surface area (Å²) in [6.45, 7) is 13.1. The summed E-state index contributed by atoms with van der Waals surface area (Å²) in [6, 6.07) is -1.14. The number of aliphatic hydroxyl groups excluding tert-OH is 2. The number of cyclic esters (lactones) is 1. The molecule has 1 aliphatic carbocycles. The topological polar surface area (TPSA) is 178 Å². The highest BCUT2D eigenvalue weighted by Crippen LogP contribution is 2.39. The van der Waals surface area contributed by atoms with Gasteiger partial charge in [-0.1, -0.05) is 44.6 Å². The molecular weight excluding hydrogens is 734 g/mol. The van der Waals surface area contributed by atoms with E-state index >= 15 is 0 Å². The van der Waals surface area contributed by atoms with Gasteiger partial charge in [-0.05, 0) is 95.5 Å². The van der Waals surface area contributed by atoms with Gasteiger partial charge in [0.1, 0.15) is 24.0 Å². The van der Waals surface area contributed by atoms with Crippen LogP contribution in [-0.4, -0.2) is 126 Å². The molecule has 1 saturated carbocycles. The van der Waals surface area contributed by atoms with Crippen LogP contribution in [0.1, 0.15) is 105 Å². The number of amides is 1. The molecule has 4 rings (SSSR count). The molecule has 2 saturated heterocycles. The number of aliphatic hydroxyl groups is 3. The summed E-state index contributed by atoms with van der Waals surface area (Å²) < 4.78 is 29.7. The molecule has 322 valence electrons. The molecule has 13 nitrogen and oxygen atoms in total. The minimum Gasteiger partial charge on any atom is -0.456 e. The third-order valence-corrected chi connectivity index (χ3v) is 12.9. The molecule has 1 amide bonds. The largest absolute Gasteiger partial charge is 0.456 e. The first-order valence-electron chi connectivity index (χ1n) is 20.9. The molecule has 13 heteroatoms. The molecule has 14 atom stereocenters. The maximum absolute atomic E-state index is 14.3. The number of fused-ring (bicyclic) bond motifs is 3. The molecule has 14 unspecified atom stereocenters. The summed E-state index contributed by atoms with van der Waals surface area (Å²) in [6.07, 6.45) is 4.93. The van der Waals surface area contributed by atoms with Crippen LogP contribution >= 0.6 is 0 Å². The Morgan fingerprint density at radius 2 is 1.60 bits per heavy atom. The molecule has 3 heterocycles. The predicted molar refractivity (Wildman–Crippen MR) is 213 cm³/mol. The van der Waals surface area contributed by atoms with Gasteiger partial charge in [0.05, 0.1) is 30.5 Å². The molecule has 0 aromatic carbocycles. The Kier molecular flexibility index (Phi) is 17.2. The minimum atomic E-state index is -2.51. The van der Waals surface area contributed by atoms with Crippen molar-refractivity contribution in [1.82, 2.24) is 4.90 Å². The SMILES string of the molecule is C=CCC1C=C(C)CC(C)CC(OC)C2OC(O)(C(=O)C(=O)N3CCCCC3C(=O)OC(/C(C)=C/C3CCC(O)C(OC)C3)C(C)C(O)CC1=O)C(C)CC2OC. The standard InChI is InChI=1S/C44H69NO12/c1-10-13-31-19-25(2)18-26(3)20-37(54-8)40-38(55-9)22-28(5)44(52,57-40)41(49)42(50)45-17-12-11-14-32(45)43(51)56-39(29(6)34(47)24-35(31)48)27(4)21-30-15-16-33(46)36(23-30)53-7/h10,19,21,26,28-34,36-40,46-47,52H,1,11-18,20,22-24H2,2-9H3/b25-19?,27-21+. The van der Waals surface area contributed by atoms with Gasteiger partial charge in [0.25, 0.3) is 11.7 Å². The van der Waals surface area contributed by atoms with Gasteiger partial charge in [-0.15, -0.1) is 6.58 Å². The first kappa shape index (κ1) is 46.9. The van der Waals surface area contributed by atoms with E-state index in [-0.39, 0.29) is 49.5 Å². The number of piperidine rings is 1. The Morgan fingerprint density at radius 3 is 2.25 bits per heavy atom. The Bertz CT molecular complexity index is 1480. The van der Waals surface area contributed by atoms with Crippen molar-refractivity contribution in [1.29, 1.82) is 0 Å². The fourth-order valence-corrected chi connectivity index (χ4v) is 9.42. The molecule has 4 aliphatic rings. The number of ether oxygens (including phenoxy) is 5. The van der Waals surface area contributed by atoms with E-state index in [1.165, 1.54) is 19.1 Å². The van der Waals surface area contributed by atoms with E-state index < -0.39 is 83.9 Å². The fourth-order valence-electron chi connectivity index (χ4n) is 9.42. The van der Waals surface area contributed by atoms with Crippen molar-refractivity contribution >= 4 is 23.4 Å². The Balaban J connectivity index is 1.78. The second kappa shape index (κ2) is 21.0. The number of hydrogen-bond donors (Lipinski definition) is 3. The van der Waals surface area contributed by atoms with Crippen molar-refractivity contribution in [2.45, 2.75) is 160 Å². The zero-order chi connectivity index (χ0) is 42.2. The Morgan fingerprint density at radius 1 is 0.930 bits per heavy atom. The molecule has 0 aromatic rings. The van der Waals surface area contributed by atoms with Crippen LogP contribution in [0, 0.1) is 29.6 Å². The van der Waals surface area contributed by atoms with Gasteiger partial charge in [0, 0.05) is 52.0 Å². The maximum atomic E-state index is 14.3.